The fourth-order valence-corrected chi connectivity index (χ4v) is 4.30. The largest absolute Gasteiger partial charge is 0.348 e. The van der Waals surface area contributed by atoms with Gasteiger partial charge in [0, 0.05) is 7.05 Å². The highest BCUT2D eigenvalue weighted by Crippen LogP contribution is 2.32. The second-order valence-corrected chi connectivity index (χ2v) is 8.66. The van der Waals surface area contributed by atoms with E-state index in [0.717, 1.165) is 32.4 Å². The lowest BCUT2D eigenvalue weighted by Gasteiger charge is -2.18. The smallest absolute Gasteiger partial charge is 0.240 e. The maximum atomic E-state index is 13.1. The Bertz CT molecular complexity index is 1210. The summed E-state index contributed by atoms with van der Waals surface area (Å²) in [5.41, 5.74) is 4.68. The first-order chi connectivity index (χ1) is 14.8. The standard InChI is InChI=1S/C23H24FN5OS/c1-14-5-11-19(12-6-14)29-22-21(16(3)27-29)31-23(26-22)28(4)13-20(30)25-15(2)17-7-9-18(24)10-8-17/h5-12,15H,13H2,1-4H3,(H,25,30). The number of likely N-dealkylation sites (N-methyl/N-ethyl adjacent to an activating group) is 1. The van der Waals surface area contributed by atoms with Crippen LogP contribution in [-0.2, 0) is 4.79 Å². The van der Waals surface area contributed by atoms with Crippen LogP contribution in [0.5, 0.6) is 0 Å². The monoisotopic (exact) mass is 437 g/mol. The lowest BCUT2D eigenvalue weighted by atomic mass is 10.1. The number of carbonyl (C=O) groups excluding carboxylic acids is 1. The van der Waals surface area contributed by atoms with E-state index < -0.39 is 0 Å². The van der Waals surface area contributed by atoms with Crippen molar-refractivity contribution in [3.05, 3.63) is 71.2 Å². The molecule has 0 saturated carbocycles. The molecule has 1 unspecified atom stereocenters. The number of benzene rings is 2. The summed E-state index contributed by atoms with van der Waals surface area (Å²) in [6.07, 6.45) is 0. The SMILES string of the molecule is Cc1ccc(-n2nc(C)c3sc(N(C)CC(=O)NC(C)c4ccc(F)cc4)nc32)cc1. The summed E-state index contributed by atoms with van der Waals surface area (Å²) in [6, 6.07) is 14.1. The summed E-state index contributed by atoms with van der Waals surface area (Å²) in [4.78, 5) is 19.1. The summed E-state index contributed by atoms with van der Waals surface area (Å²) in [7, 11) is 1.85. The van der Waals surface area contributed by atoms with Crippen LogP contribution in [0.1, 0.15) is 29.8 Å². The topological polar surface area (TPSA) is 63.1 Å². The molecule has 1 amide bonds. The molecule has 2 aromatic heterocycles. The van der Waals surface area contributed by atoms with E-state index in [4.69, 9.17) is 4.98 Å². The number of aryl methyl sites for hydroxylation is 2. The Morgan fingerprint density at radius 3 is 2.52 bits per heavy atom. The Kier molecular flexibility index (Phi) is 5.73. The van der Waals surface area contributed by atoms with Gasteiger partial charge in [-0.1, -0.05) is 41.2 Å². The Morgan fingerprint density at radius 1 is 1.16 bits per heavy atom. The van der Waals surface area contributed by atoms with Crippen molar-refractivity contribution in [1.29, 1.82) is 0 Å². The van der Waals surface area contributed by atoms with Crippen LogP contribution < -0.4 is 10.2 Å². The molecule has 160 valence electrons. The first kappa shape index (κ1) is 21.0. The number of rotatable bonds is 6. The third-order valence-electron chi connectivity index (χ3n) is 5.11. The number of anilines is 1. The molecule has 0 spiro atoms. The van der Waals surface area contributed by atoms with Crippen LogP contribution in [0.25, 0.3) is 16.0 Å². The number of thiazole rings is 1. The number of hydrogen-bond acceptors (Lipinski definition) is 5. The van der Waals surface area contributed by atoms with Crippen molar-refractivity contribution in [2.24, 2.45) is 0 Å². The third-order valence-corrected chi connectivity index (χ3v) is 6.38. The van der Waals surface area contributed by atoms with Crippen LogP contribution in [-0.4, -0.2) is 34.3 Å². The van der Waals surface area contributed by atoms with Crippen LogP contribution in [0.2, 0.25) is 0 Å². The molecule has 2 aromatic carbocycles. The normalized spacial score (nSPS) is 12.2. The average Bonchev–Trinajstić information content (AvgIpc) is 3.30. The van der Waals surface area contributed by atoms with Gasteiger partial charge in [0.2, 0.25) is 5.91 Å². The number of nitrogens with one attached hydrogen (secondary N) is 1. The molecule has 8 heteroatoms. The van der Waals surface area contributed by atoms with Crippen LogP contribution in [0.3, 0.4) is 0 Å². The maximum absolute atomic E-state index is 13.1. The van der Waals surface area contributed by atoms with E-state index in [1.54, 1.807) is 12.1 Å². The van der Waals surface area contributed by atoms with Crippen molar-refractivity contribution >= 4 is 32.7 Å². The molecule has 0 bridgehead atoms. The molecule has 0 radical (unpaired) electrons. The molecule has 2 heterocycles. The number of nitrogens with zero attached hydrogens (tertiary/aromatic N) is 4. The van der Waals surface area contributed by atoms with Gasteiger partial charge in [0.05, 0.1) is 28.7 Å². The zero-order valence-electron chi connectivity index (χ0n) is 17.9. The average molecular weight is 438 g/mol. The first-order valence-corrected chi connectivity index (χ1v) is 10.8. The van der Waals surface area contributed by atoms with E-state index in [2.05, 4.69) is 10.4 Å². The van der Waals surface area contributed by atoms with E-state index in [-0.39, 0.29) is 24.3 Å². The molecule has 0 aliphatic carbocycles. The molecule has 0 fully saturated rings. The highest BCUT2D eigenvalue weighted by molar-refractivity contribution is 7.22. The second kappa shape index (κ2) is 8.47. The van der Waals surface area contributed by atoms with Gasteiger partial charge < -0.3 is 10.2 Å². The number of fused-ring (bicyclic) bond motifs is 1. The lowest BCUT2D eigenvalue weighted by molar-refractivity contribution is -0.120. The van der Waals surface area contributed by atoms with E-state index >= 15 is 0 Å². The highest BCUT2D eigenvalue weighted by Gasteiger charge is 2.19. The molecule has 4 aromatic rings. The zero-order chi connectivity index (χ0) is 22.1. The van der Waals surface area contributed by atoms with Crippen molar-refractivity contribution < 1.29 is 9.18 Å². The quantitative estimate of drug-likeness (QED) is 0.481. The first-order valence-electron chi connectivity index (χ1n) is 10.0. The van der Waals surface area contributed by atoms with Gasteiger partial charge in [-0.15, -0.1) is 0 Å². The van der Waals surface area contributed by atoms with Gasteiger partial charge in [-0.05, 0) is 50.6 Å². The summed E-state index contributed by atoms with van der Waals surface area (Å²) in [5, 5.41) is 8.34. The number of hydrogen-bond donors (Lipinski definition) is 1. The summed E-state index contributed by atoms with van der Waals surface area (Å²) >= 11 is 1.52. The molecule has 1 N–H and O–H groups in total. The van der Waals surface area contributed by atoms with E-state index in [0.29, 0.717) is 0 Å². The Morgan fingerprint density at radius 2 is 1.84 bits per heavy atom. The maximum Gasteiger partial charge on any atom is 0.240 e. The molecular formula is C23H24FN5OS. The fraction of sp³-hybridized carbons (Fsp3) is 0.261. The second-order valence-electron chi connectivity index (χ2n) is 7.68. The molecule has 6 nitrogen and oxygen atoms in total. The minimum absolute atomic E-state index is 0.129. The van der Waals surface area contributed by atoms with E-state index in [9.17, 15) is 9.18 Å². The van der Waals surface area contributed by atoms with Crippen molar-refractivity contribution in [2.45, 2.75) is 26.8 Å². The van der Waals surface area contributed by atoms with Gasteiger partial charge in [0.1, 0.15) is 5.82 Å². The number of aromatic nitrogens is 3. The summed E-state index contributed by atoms with van der Waals surface area (Å²) < 4.78 is 16.0. The predicted octanol–water partition coefficient (Wildman–Crippen LogP) is 4.55. The number of carbonyl (C=O) groups is 1. The zero-order valence-corrected chi connectivity index (χ0v) is 18.7. The third kappa shape index (κ3) is 4.44. The van der Waals surface area contributed by atoms with Crippen LogP contribution in [0, 0.1) is 19.7 Å². The molecule has 1 atom stereocenters. The van der Waals surface area contributed by atoms with Crippen molar-refractivity contribution in [3.63, 3.8) is 0 Å². The van der Waals surface area contributed by atoms with Crippen LogP contribution in [0.4, 0.5) is 9.52 Å². The Hall–Kier alpha value is -3.26. The highest BCUT2D eigenvalue weighted by atomic mass is 32.1. The van der Waals surface area contributed by atoms with Gasteiger partial charge in [-0.3, -0.25) is 4.79 Å². The number of amides is 1. The molecule has 31 heavy (non-hydrogen) atoms. The molecule has 0 aliphatic heterocycles. The Balaban J connectivity index is 1.49. The van der Waals surface area contributed by atoms with Crippen molar-refractivity contribution in [3.8, 4) is 5.69 Å². The molecule has 0 aliphatic rings. The van der Waals surface area contributed by atoms with E-state index in [1.807, 2.05) is 61.7 Å². The van der Waals surface area contributed by atoms with E-state index in [1.165, 1.54) is 29.0 Å². The fourth-order valence-electron chi connectivity index (χ4n) is 3.36. The van der Waals surface area contributed by atoms with Gasteiger partial charge >= 0.3 is 0 Å². The minimum atomic E-state index is -0.294. The van der Waals surface area contributed by atoms with Gasteiger partial charge in [0.15, 0.2) is 10.8 Å². The van der Waals surface area contributed by atoms with Crippen molar-refractivity contribution in [1.82, 2.24) is 20.1 Å². The summed E-state index contributed by atoms with van der Waals surface area (Å²) in [5.74, 6) is -0.423. The van der Waals surface area contributed by atoms with Gasteiger partial charge in [0.25, 0.3) is 0 Å². The Labute approximate surface area is 184 Å². The van der Waals surface area contributed by atoms with Crippen LogP contribution in [0.15, 0.2) is 48.5 Å². The summed E-state index contributed by atoms with van der Waals surface area (Å²) in [6.45, 7) is 6.05. The molecule has 0 saturated heterocycles. The predicted molar refractivity (Wildman–Crippen MR) is 122 cm³/mol. The van der Waals surface area contributed by atoms with Gasteiger partial charge in [-0.2, -0.15) is 10.1 Å². The molecular weight excluding hydrogens is 413 g/mol. The van der Waals surface area contributed by atoms with Gasteiger partial charge in [-0.25, -0.2) is 9.07 Å². The van der Waals surface area contributed by atoms with Crippen LogP contribution >= 0.6 is 11.3 Å². The van der Waals surface area contributed by atoms with Crippen molar-refractivity contribution in [2.75, 3.05) is 18.5 Å². The lowest BCUT2D eigenvalue weighted by Crippen LogP contribution is -2.36. The minimum Gasteiger partial charge on any atom is -0.348 e. The number of halogens is 1. The molecule has 4 rings (SSSR count).